The van der Waals surface area contributed by atoms with Crippen LogP contribution in [-0.4, -0.2) is 34.7 Å². The Morgan fingerprint density at radius 1 is 1.45 bits per heavy atom. The van der Waals surface area contributed by atoms with Gasteiger partial charge in [-0.25, -0.2) is 0 Å². The minimum Gasteiger partial charge on any atom is -0.340 e. The number of carbonyl (C=O) groups excluding carboxylic acids is 1. The summed E-state index contributed by atoms with van der Waals surface area (Å²) in [6.07, 6.45) is 3.58. The van der Waals surface area contributed by atoms with Crippen LogP contribution in [0.3, 0.4) is 0 Å². The monoisotopic (exact) mass is 322 g/mol. The number of hydrogen-bond donors (Lipinski definition) is 1. The van der Waals surface area contributed by atoms with Gasteiger partial charge in [0.2, 0.25) is 5.91 Å². The standard InChI is InChI=1S/C16H22N4O.ClH/c1-12-6-5-7-13(8-12)10-19(3)16(21)15(17-2)14-9-18-20(4)11-14;/h5-9,11,15,17H,10H2,1-4H3;1H. The Morgan fingerprint density at radius 2 is 2.18 bits per heavy atom. The molecule has 1 aromatic carbocycles. The Bertz CT molecular complexity index is 626. The average Bonchev–Trinajstić information content (AvgIpc) is 2.86. The minimum atomic E-state index is -0.367. The van der Waals surface area contributed by atoms with Gasteiger partial charge < -0.3 is 10.2 Å². The molecule has 0 spiro atoms. The number of aromatic nitrogens is 2. The number of rotatable bonds is 5. The molecule has 0 radical (unpaired) electrons. The number of carbonyl (C=O) groups is 1. The summed E-state index contributed by atoms with van der Waals surface area (Å²) >= 11 is 0. The molecule has 22 heavy (non-hydrogen) atoms. The molecule has 0 saturated heterocycles. The molecule has 0 saturated carbocycles. The van der Waals surface area contributed by atoms with Gasteiger partial charge in [0.1, 0.15) is 6.04 Å². The maximum atomic E-state index is 12.6. The van der Waals surface area contributed by atoms with Crippen molar-refractivity contribution in [1.82, 2.24) is 20.0 Å². The lowest BCUT2D eigenvalue weighted by atomic mass is 10.1. The molecule has 0 aliphatic rings. The highest BCUT2D eigenvalue weighted by molar-refractivity contribution is 5.85. The summed E-state index contributed by atoms with van der Waals surface area (Å²) < 4.78 is 1.70. The van der Waals surface area contributed by atoms with Crippen molar-refractivity contribution in [2.45, 2.75) is 19.5 Å². The van der Waals surface area contributed by atoms with E-state index in [2.05, 4.69) is 29.5 Å². The van der Waals surface area contributed by atoms with Gasteiger partial charge >= 0.3 is 0 Å². The van der Waals surface area contributed by atoms with Crippen molar-refractivity contribution in [3.8, 4) is 0 Å². The van der Waals surface area contributed by atoms with E-state index in [1.807, 2.05) is 32.4 Å². The van der Waals surface area contributed by atoms with Crippen molar-refractivity contribution in [1.29, 1.82) is 0 Å². The molecule has 1 heterocycles. The van der Waals surface area contributed by atoms with Crippen molar-refractivity contribution in [3.05, 3.63) is 53.3 Å². The van der Waals surface area contributed by atoms with Crippen molar-refractivity contribution in [2.75, 3.05) is 14.1 Å². The predicted octanol–water partition coefficient (Wildman–Crippen LogP) is 2.07. The molecule has 2 rings (SSSR count). The van der Waals surface area contributed by atoms with Crippen molar-refractivity contribution in [3.63, 3.8) is 0 Å². The van der Waals surface area contributed by atoms with E-state index in [1.54, 1.807) is 22.8 Å². The number of hydrogen-bond acceptors (Lipinski definition) is 3. The van der Waals surface area contributed by atoms with Crippen molar-refractivity contribution in [2.24, 2.45) is 7.05 Å². The zero-order chi connectivity index (χ0) is 15.4. The molecule has 5 nitrogen and oxygen atoms in total. The van der Waals surface area contributed by atoms with Crippen LogP contribution in [0.5, 0.6) is 0 Å². The fourth-order valence-corrected chi connectivity index (χ4v) is 2.40. The van der Waals surface area contributed by atoms with Crippen LogP contribution >= 0.6 is 12.4 Å². The topological polar surface area (TPSA) is 50.2 Å². The van der Waals surface area contributed by atoms with Crippen LogP contribution in [-0.2, 0) is 18.4 Å². The Balaban J connectivity index is 0.00000242. The SMILES string of the molecule is CNC(C(=O)N(C)Cc1cccc(C)c1)c1cnn(C)c1.Cl. The highest BCUT2D eigenvalue weighted by Gasteiger charge is 2.23. The number of aryl methyl sites for hydroxylation is 2. The second-order valence-corrected chi connectivity index (χ2v) is 5.35. The molecule has 1 amide bonds. The summed E-state index contributed by atoms with van der Waals surface area (Å²) in [7, 11) is 5.46. The second kappa shape index (κ2) is 7.96. The van der Waals surface area contributed by atoms with E-state index in [0.29, 0.717) is 6.54 Å². The summed E-state index contributed by atoms with van der Waals surface area (Å²) in [6, 6.07) is 7.84. The summed E-state index contributed by atoms with van der Waals surface area (Å²) in [6.45, 7) is 2.65. The number of nitrogens with zero attached hydrogens (tertiary/aromatic N) is 3. The highest BCUT2D eigenvalue weighted by Crippen LogP contribution is 2.16. The zero-order valence-electron chi connectivity index (χ0n) is 13.4. The molecule has 6 heteroatoms. The van der Waals surface area contributed by atoms with E-state index in [-0.39, 0.29) is 24.4 Å². The minimum absolute atomic E-state index is 0. The molecule has 0 fully saturated rings. The van der Waals surface area contributed by atoms with Crippen LogP contribution in [0.2, 0.25) is 0 Å². The average molecular weight is 323 g/mol. The summed E-state index contributed by atoms with van der Waals surface area (Å²) in [4.78, 5) is 14.3. The highest BCUT2D eigenvalue weighted by atomic mass is 35.5. The van der Waals surface area contributed by atoms with Gasteiger partial charge in [0, 0.05) is 32.4 Å². The smallest absolute Gasteiger partial charge is 0.244 e. The summed E-state index contributed by atoms with van der Waals surface area (Å²) in [5, 5.41) is 7.19. The van der Waals surface area contributed by atoms with Crippen LogP contribution < -0.4 is 5.32 Å². The van der Waals surface area contributed by atoms with E-state index in [9.17, 15) is 4.79 Å². The Kier molecular flexibility index (Phi) is 6.59. The lowest BCUT2D eigenvalue weighted by Crippen LogP contribution is -2.37. The molecule has 1 aromatic heterocycles. The molecule has 0 aliphatic heterocycles. The van der Waals surface area contributed by atoms with Crippen LogP contribution in [0.25, 0.3) is 0 Å². The van der Waals surface area contributed by atoms with E-state index in [0.717, 1.165) is 11.1 Å². The largest absolute Gasteiger partial charge is 0.340 e. The Hall–Kier alpha value is -1.85. The van der Waals surface area contributed by atoms with Gasteiger partial charge in [-0.2, -0.15) is 5.10 Å². The number of amides is 1. The normalized spacial score (nSPS) is 11.6. The van der Waals surface area contributed by atoms with E-state index < -0.39 is 0 Å². The number of halogens is 1. The number of likely N-dealkylation sites (N-methyl/N-ethyl adjacent to an activating group) is 2. The molecule has 0 aliphatic carbocycles. The van der Waals surface area contributed by atoms with Crippen molar-refractivity contribution < 1.29 is 4.79 Å². The third-order valence-corrected chi connectivity index (χ3v) is 3.47. The summed E-state index contributed by atoms with van der Waals surface area (Å²) in [5.41, 5.74) is 3.21. The molecule has 2 aromatic rings. The maximum Gasteiger partial charge on any atom is 0.244 e. The fourth-order valence-electron chi connectivity index (χ4n) is 2.40. The fraction of sp³-hybridized carbons (Fsp3) is 0.375. The second-order valence-electron chi connectivity index (χ2n) is 5.35. The van der Waals surface area contributed by atoms with Gasteiger partial charge in [0.05, 0.1) is 6.20 Å². The Morgan fingerprint density at radius 3 is 2.73 bits per heavy atom. The van der Waals surface area contributed by atoms with Crippen LogP contribution in [0.1, 0.15) is 22.7 Å². The first kappa shape index (κ1) is 18.2. The Labute approximate surface area is 137 Å². The van der Waals surface area contributed by atoms with Gasteiger partial charge in [0.25, 0.3) is 0 Å². The third-order valence-electron chi connectivity index (χ3n) is 3.47. The van der Waals surface area contributed by atoms with Gasteiger partial charge in [-0.15, -0.1) is 12.4 Å². The van der Waals surface area contributed by atoms with Gasteiger partial charge in [0.15, 0.2) is 0 Å². The molecule has 1 N–H and O–H groups in total. The summed E-state index contributed by atoms with van der Waals surface area (Å²) in [5.74, 6) is 0.0343. The molecule has 1 unspecified atom stereocenters. The first-order valence-electron chi connectivity index (χ1n) is 6.97. The van der Waals surface area contributed by atoms with Gasteiger partial charge in [-0.1, -0.05) is 29.8 Å². The van der Waals surface area contributed by atoms with Gasteiger partial charge in [-0.05, 0) is 19.5 Å². The van der Waals surface area contributed by atoms with Gasteiger partial charge in [-0.3, -0.25) is 9.48 Å². The zero-order valence-corrected chi connectivity index (χ0v) is 14.2. The number of benzene rings is 1. The molecule has 120 valence electrons. The van der Waals surface area contributed by atoms with Crippen LogP contribution in [0, 0.1) is 6.92 Å². The predicted molar refractivity (Wildman–Crippen MR) is 89.9 cm³/mol. The lowest BCUT2D eigenvalue weighted by molar-refractivity contribution is -0.132. The molecular weight excluding hydrogens is 300 g/mol. The quantitative estimate of drug-likeness (QED) is 0.917. The molecular formula is C16H23ClN4O. The third kappa shape index (κ3) is 4.32. The first-order valence-corrected chi connectivity index (χ1v) is 6.97. The van der Waals surface area contributed by atoms with Crippen LogP contribution in [0.4, 0.5) is 0 Å². The maximum absolute atomic E-state index is 12.6. The molecule has 0 bridgehead atoms. The van der Waals surface area contributed by atoms with E-state index >= 15 is 0 Å². The molecule has 1 atom stereocenters. The number of nitrogens with one attached hydrogen (secondary N) is 1. The van der Waals surface area contributed by atoms with Crippen LogP contribution in [0.15, 0.2) is 36.7 Å². The van der Waals surface area contributed by atoms with E-state index in [4.69, 9.17) is 0 Å². The lowest BCUT2D eigenvalue weighted by Gasteiger charge is -2.23. The first-order chi connectivity index (χ1) is 10.0. The van der Waals surface area contributed by atoms with Crippen molar-refractivity contribution >= 4 is 18.3 Å². The van der Waals surface area contributed by atoms with E-state index in [1.165, 1.54) is 5.56 Å².